The monoisotopic (exact) mass is 429 g/mol. The number of nitrogens with two attached hydrogens (primary N) is 1. The van der Waals surface area contributed by atoms with Gasteiger partial charge in [0.1, 0.15) is 0 Å². The number of benzene rings is 2. The molecule has 0 radical (unpaired) electrons. The number of carboxylic acids is 1. The van der Waals surface area contributed by atoms with Crippen LogP contribution < -0.4 is 16.4 Å². The highest BCUT2D eigenvalue weighted by molar-refractivity contribution is 6.31. The number of nitrogen functional groups attached to an aromatic ring is 1. The van der Waals surface area contributed by atoms with Gasteiger partial charge in [-0.15, -0.1) is 0 Å². The molecule has 1 aliphatic rings. The van der Waals surface area contributed by atoms with Crippen molar-refractivity contribution in [2.24, 2.45) is 0 Å². The molecule has 0 fully saturated rings. The Morgan fingerprint density at radius 1 is 1.12 bits per heavy atom. The molecule has 9 nitrogen and oxygen atoms in total. The van der Waals surface area contributed by atoms with Crippen molar-refractivity contribution >= 4 is 35.0 Å². The molecule has 2 heterocycles. The second-order valence-electron chi connectivity index (χ2n) is 7.13. The fourth-order valence-corrected chi connectivity index (χ4v) is 3.37. The van der Waals surface area contributed by atoms with Crippen LogP contribution in [0.1, 0.15) is 37.5 Å². The Morgan fingerprint density at radius 2 is 1.97 bits per heavy atom. The molecule has 160 valence electrons. The van der Waals surface area contributed by atoms with Gasteiger partial charge in [0, 0.05) is 28.6 Å². The standard InChI is InChI=1S/C23H19N5O4/c24-23-25-9-8-16(27-23)12-26-20(29)14-5-7-19-18(11-14)17(21(30)28-19)6-4-13-2-1-3-15(10-13)22(31)32/h1-3,5-11H,4,12H2,(H,26,29)(H,28,30)(H,31,32)(H2,24,25,27)/b17-6-. The van der Waals surface area contributed by atoms with Gasteiger partial charge in [0.15, 0.2) is 0 Å². The van der Waals surface area contributed by atoms with Crippen LogP contribution in [0.25, 0.3) is 5.57 Å². The predicted molar refractivity (Wildman–Crippen MR) is 118 cm³/mol. The Balaban J connectivity index is 1.52. The van der Waals surface area contributed by atoms with Gasteiger partial charge < -0.3 is 21.5 Å². The molecule has 32 heavy (non-hydrogen) atoms. The van der Waals surface area contributed by atoms with E-state index in [-0.39, 0.29) is 29.9 Å². The molecule has 4 rings (SSSR count). The van der Waals surface area contributed by atoms with Gasteiger partial charge in [0.2, 0.25) is 5.95 Å². The summed E-state index contributed by atoms with van der Waals surface area (Å²) in [4.78, 5) is 44.1. The summed E-state index contributed by atoms with van der Waals surface area (Å²) in [5.74, 6) is -1.48. The topological polar surface area (TPSA) is 147 Å². The van der Waals surface area contributed by atoms with Gasteiger partial charge in [-0.05, 0) is 48.4 Å². The number of hydrogen-bond donors (Lipinski definition) is 4. The summed E-state index contributed by atoms with van der Waals surface area (Å²) in [6, 6.07) is 13.1. The SMILES string of the molecule is Nc1nccc(CNC(=O)c2ccc3c(c2)/C(=C/Cc2cccc(C(=O)O)c2)C(=O)N3)n1. The van der Waals surface area contributed by atoms with Crippen molar-refractivity contribution in [2.45, 2.75) is 13.0 Å². The molecule has 2 aromatic carbocycles. The molecule has 0 atom stereocenters. The van der Waals surface area contributed by atoms with E-state index in [2.05, 4.69) is 20.6 Å². The molecule has 0 spiro atoms. The molecule has 5 N–H and O–H groups in total. The number of fused-ring (bicyclic) bond motifs is 1. The highest BCUT2D eigenvalue weighted by Gasteiger charge is 2.25. The number of hydrogen-bond acceptors (Lipinski definition) is 6. The molecular weight excluding hydrogens is 410 g/mol. The zero-order valence-electron chi connectivity index (χ0n) is 16.8. The number of carbonyl (C=O) groups excluding carboxylic acids is 2. The number of aromatic carboxylic acids is 1. The molecule has 0 bridgehead atoms. The molecule has 1 aromatic heterocycles. The van der Waals surface area contributed by atoms with E-state index in [9.17, 15) is 14.4 Å². The maximum Gasteiger partial charge on any atom is 0.335 e. The summed E-state index contributed by atoms with van der Waals surface area (Å²) in [5.41, 5.74) is 9.12. The molecule has 3 aromatic rings. The lowest BCUT2D eigenvalue weighted by atomic mass is 10.0. The maximum atomic E-state index is 12.6. The van der Waals surface area contributed by atoms with E-state index in [1.807, 2.05) is 0 Å². The van der Waals surface area contributed by atoms with Gasteiger partial charge >= 0.3 is 5.97 Å². The van der Waals surface area contributed by atoms with Gasteiger partial charge in [-0.2, -0.15) is 0 Å². The van der Waals surface area contributed by atoms with E-state index in [0.29, 0.717) is 34.5 Å². The summed E-state index contributed by atoms with van der Waals surface area (Å²) >= 11 is 0. The van der Waals surface area contributed by atoms with E-state index >= 15 is 0 Å². The van der Waals surface area contributed by atoms with Crippen molar-refractivity contribution in [2.75, 3.05) is 11.1 Å². The quantitative estimate of drug-likeness (QED) is 0.439. The van der Waals surface area contributed by atoms with E-state index in [4.69, 9.17) is 10.8 Å². The first-order valence-electron chi connectivity index (χ1n) is 9.74. The van der Waals surface area contributed by atoms with Crippen LogP contribution >= 0.6 is 0 Å². The Kier molecular flexibility index (Phi) is 5.63. The van der Waals surface area contributed by atoms with Crippen molar-refractivity contribution in [1.29, 1.82) is 0 Å². The third kappa shape index (κ3) is 4.46. The number of aromatic nitrogens is 2. The fourth-order valence-electron chi connectivity index (χ4n) is 3.37. The van der Waals surface area contributed by atoms with E-state index in [0.717, 1.165) is 5.56 Å². The number of carboxylic acid groups (broad SMARTS) is 1. The minimum absolute atomic E-state index is 0.127. The number of anilines is 2. The first-order valence-corrected chi connectivity index (χ1v) is 9.74. The number of nitrogens with zero attached hydrogens (tertiary/aromatic N) is 2. The van der Waals surface area contributed by atoms with Crippen molar-refractivity contribution in [3.63, 3.8) is 0 Å². The Bertz CT molecular complexity index is 1270. The third-order valence-corrected chi connectivity index (χ3v) is 4.94. The van der Waals surface area contributed by atoms with E-state index < -0.39 is 5.97 Å². The second kappa shape index (κ2) is 8.68. The molecule has 0 saturated heterocycles. The molecule has 0 saturated carbocycles. The van der Waals surface area contributed by atoms with Crippen LogP contribution in [0.4, 0.5) is 11.6 Å². The van der Waals surface area contributed by atoms with Crippen LogP contribution in [0.15, 0.2) is 60.8 Å². The van der Waals surface area contributed by atoms with Crippen LogP contribution in [0, 0.1) is 0 Å². The van der Waals surface area contributed by atoms with Crippen LogP contribution in [0.2, 0.25) is 0 Å². The van der Waals surface area contributed by atoms with Crippen molar-refractivity contribution in [1.82, 2.24) is 15.3 Å². The van der Waals surface area contributed by atoms with Crippen LogP contribution in [-0.2, 0) is 17.8 Å². The third-order valence-electron chi connectivity index (χ3n) is 4.94. The molecule has 0 aliphatic carbocycles. The van der Waals surface area contributed by atoms with Crippen molar-refractivity contribution < 1.29 is 19.5 Å². The van der Waals surface area contributed by atoms with E-state index in [1.165, 1.54) is 12.3 Å². The summed E-state index contributed by atoms with van der Waals surface area (Å²) in [5, 5.41) is 14.7. The number of nitrogens with one attached hydrogen (secondary N) is 2. The zero-order chi connectivity index (χ0) is 22.7. The first kappa shape index (κ1) is 20.7. The molecule has 2 amide bonds. The fraction of sp³-hybridized carbons (Fsp3) is 0.0870. The number of allylic oxidation sites excluding steroid dienone is 1. The van der Waals surface area contributed by atoms with Gasteiger partial charge in [0.05, 0.1) is 17.8 Å². The molecule has 9 heteroatoms. The number of rotatable bonds is 6. The summed E-state index contributed by atoms with van der Waals surface area (Å²) in [6.45, 7) is 0.183. The highest BCUT2D eigenvalue weighted by atomic mass is 16.4. The summed E-state index contributed by atoms with van der Waals surface area (Å²) in [7, 11) is 0. The molecule has 0 unspecified atom stereocenters. The number of carbonyl (C=O) groups is 3. The lowest BCUT2D eigenvalue weighted by molar-refractivity contribution is -0.110. The van der Waals surface area contributed by atoms with Gasteiger partial charge in [-0.25, -0.2) is 14.8 Å². The Hall–Kier alpha value is -4.53. The smallest absolute Gasteiger partial charge is 0.335 e. The maximum absolute atomic E-state index is 12.6. The number of amides is 2. The Morgan fingerprint density at radius 3 is 2.75 bits per heavy atom. The van der Waals surface area contributed by atoms with Crippen LogP contribution in [0.3, 0.4) is 0 Å². The summed E-state index contributed by atoms with van der Waals surface area (Å²) in [6.07, 6.45) is 3.61. The van der Waals surface area contributed by atoms with Crippen molar-refractivity contribution in [3.8, 4) is 0 Å². The van der Waals surface area contributed by atoms with Crippen molar-refractivity contribution in [3.05, 3.63) is 88.8 Å². The lowest BCUT2D eigenvalue weighted by Gasteiger charge is -2.07. The second-order valence-corrected chi connectivity index (χ2v) is 7.13. The minimum atomic E-state index is -1.01. The average Bonchev–Trinajstić information content (AvgIpc) is 3.10. The van der Waals surface area contributed by atoms with Gasteiger partial charge in [-0.1, -0.05) is 18.2 Å². The lowest BCUT2D eigenvalue weighted by Crippen LogP contribution is -2.23. The largest absolute Gasteiger partial charge is 0.478 e. The molecule has 1 aliphatic heterocycles. The predicted octanol–water partition coefficient (Wildman–Crippen LogP) is 2.27. The zero-order valence-corrected chi connectivity index (χ0v) is 16.8. The molecular formula is C23H19N5O4. The Labute approximate surface area is 183 Å². The minimum Gasteiger partial charge on any atom is -0.478 e. The average molecular weight is 429 g/mol. The highest BCUT2D eigenvalue weighted by Crippen LogP contribution is 2.32. The van der Waals surface area contributed by atoms with Crippen LogP contribution in [-0.4, -0.2) is 32.9 Å². The van der Waals surface area contributed by atoms with E-state index in [1.54, 1.807) is 48.5 Å². The summed E-state index contributed by atoms with van der Waals surface area (Å²) < 4.78 is 0. The first-order chi connectivity index (χ1) is 15.4. The normalized spacial score (nSPS) is 13.5. The van der Waals surface area contributed by atoms with Gasteiger partial charge in [0.25, 0.3) is 11.8 Å². The van der Waals surface area contributed by atoms with Crippen LogP contribution in [0.5, 0.6) is 0 Å². The van der Waals surface area contributed by atoms with Gasteiger partial charge in [-0.3, -0.25) is 9.59 Å².